The van der Waals surface area contributed by atoms with E-state index in [-0.39, 0.29) is 35.7 Å². The monoisotopic (exact) mass is 314 g/mol. The summed E-state index contributed by atoms with van der Waals surface area (Å²) >= 11 is 0. The number of phenolic OH excluding ortho intramolecular Hbond substituents is 1. The van der Waals surface area contributed by atoms with Gasteiger partial charge in [0.05, 0.1) is 18.8 Å². The Morgan fingerprint density at radius 3 is 2.43 bits per heavy atom. The third-order valence-electron chi connectivity index (χ3n) is 3.21. The molecule has 2 aromatic rings. The normalized spacial score (nSPS) is 10.8. The number of pyridine rings is 1. The van der Waals surface area contributed by atoms with Crippen LogP contribution >= 0.6 is 0 Å². The van der Waals surface area contributed by atoms with Crippen LogP contribution in [0.3, 0.4) is 0 Å². The number of rotatable bonds is 4. The van der Waals surface area contributed by atoms with E-state index < -0.39 is 11.4 Å². The van der Waals surface area contributed by atoms with Crippen molar-refractivity contribution in [3.63, 3.8) is 0 Å². The second kappa shape index (κ2) is 6.72. The molecule has 2 rings (SSSR count). The highest BCUT2D eigenvalue weighted by Crippen LogP contribution is 2.27. The number of aliphatic hydroxyl groups is 1. The first kappa shape index (κ1) is 16.2. The predicted molar refractivity (Wildman–Crippen MR) is 81.2 cm³/mol. The molecule has 1 aromatic carbocycles. The van der Waals surface area contributed by atoms with Gasteiger partial charge in [0, 0.05) is 5.56 Å². The van der Waals surface area contributed by atoms with Crippen LogP contribution in [0, 0.1) is 18.3 Å². The van der Waals surface area contributed by atoms with Crippen LogP contribution in [0.4, 0.5) is 11.4 Å². The van der Waals surface area contributed by atoms with Crippen molar-refractivity contribution < 1.29 is 15.3 Å². The van der Waals surface area contributed by atoms with Gasteiger partial charge in [-0.05, 0) is 31.2 Å². The van der Waals surface area contributed by atoms with E-state index in [1.807, 2.05) is 6.07 Å². The maximum atomic E-state index is 12.3. The van der Waals surface area contributed by atoms with E-state index in [0.29, 0.717) is 5.69 Å². The van der Waals surface area contributed by atoms with E-state index in [4.69, 9.17) is 10.4 Å². The lowest BCUT2D eigenvalue weighted by atomic mass is 10.1. The van der Waals surface area contributed by atoms with Crippen molar-refractivity contribution in [2.45, 2.75) is 13.5 Å². The van der Waals surface area contributed by atoms with Gasteiger partial charge in [-0.25, -0.2) is 0 Å². The molecule has 0 atom stereocenters. The van der Waals surface area contributed by atoms with Gasteiger partial charge in [-0.3, -0.25) is 9.36 Å². The molecule has 0 saturated heterocycles. The molecule has 0 aliphatic carbocycles. The van der Waals surface area contributed by atoms with Gasteiger partial charge in [0.2, 0.25) is 5.88 Å². The van der Waals surface area contributed by atoms with E-state index in [9.17, 15) is 15.0 Å². The molecule has 8 nitrogen and oxygen atoms in total. The standard InChI is InChI=1S/C15H14N4O4/c1-9-12(8-16)14(22)19(6-7-20)15(23)13(9)18-17-10-2-4-11(21)5-3-10/h2-5,20-22H,6-7H2,1H3. The fourth-order valence-corrected chi connectivity index (χ4v) is 1.99. The fraction of sp³-hybridized carbons (Fsp3) is 0.200. The fourth-order valence-electron chi connectivity index (χ4n) is 1.99. The van der Waals surface area contributed by atoms with Gasteiger partial charge in [0.1, 0.15) is 17.4 Å². The molecule has 0 bridgehead atoms. The molecule has 23 heavy (non-hydrogen) atoms. The Bertz CT molecular complexity index is 848. The quantitative estimate of drug-likeness (QED) is 0.741. The number of hydrogen-bond acceptors (Lipinski definition) is 7. The highest BCUT2D eigenvalue weighted by molar-refractivity contribution is 5.56. The first-order chi connectivity index (χ1) is 11.0. The molecule has 1 heterocycles. The van der Waals surface area contributed by atoms with Crippen LogP contribution < -0.4 is 5.56 Å². The molecule has 1 aromatic heterocycles. The van der Waals surface area contributed by atoms with Gasteiger partial charge in [-0.15, -0.1) is 5.11 Å². The number of benzene rings is 1. The van der Waals surface area contributed by atoms with Crippen molar-refractivity contribution in [1.82, 2.24) is 4.57 Å². The summed E-state index contributed by atoms with van der Waals surface area (Å²) in [7, 11) is 0. The molecule has 3 N–H and O–H groups in total. The Morgan fingerprint density at radius 2 is 1.87 bits per heavy atom. The first-order valence-electron chi connectivity index (χ1n) is 6.67. The summed E-state index contributed by atoms with van der Waals surface area (Å²) in [5.41, 5.74) is -0.247. The minimum atomic E-state index is -0.657. The molecule has 118 valence electrons. The molecule has 8 heteroatoms. The van der Waals surface area contributed by atoms with Crippen LogP contribution in [0.5, 0.6) is 11.6 Å². The number of nitriles is 1. The lowest BCUT2D eigenvalue weighted by Crippen LogP contribution is -2.23. The van der Waals surface area contributed by atoms with Gasteiger partial charge >= 0.3 is 0 Å². The Balaban J connectivity index is 2.58. The number of aromatic nitrogens is 1. The summed E-state index contributed by atoms with van der Waals surface area (Å²) in [6, 6.07) is 7.66. The minimum absolute atomic E-state index is 0.0711. The van der Waals surface area contributed by atoms with Gasteiger partial charge in [-0.2, -0.15) is 10.4 Å². The van der Waals surface area contributed by atoms with Crippen LogP contribution in [0.2, 0.25) is 0 Å². The summed E-state index contributed by atoms with van der Waals surface area (Å²) in [6.07, 6.45) is 0. The summed E-state index contributed by atoms with van der Waals surface area (Å²) in [5, 5.41) is 45.0. The second-order valence-electron chi connectivity index (χ2n) is 4.68. The van der Waals surface area contributed by atoms with Crippen LogP contribution in [0.15, 0.2) is 39.3 Å². The zero-order valence-electron chi connectivity index (χ0n) is 12.3. The number of azo groups is 1. The molecule has 0 spiro atoms. The summed E-state index contributed by atoms with van der Waals surface area (Å²) in [5.74, 6) is -0.436. The lowest BCUT2D eigenvalue weighted by Gasteiger charge is -2.11. The summed E-state index contributed by atoms with van der Waals surface area (Å²) < 4.78 is 0.872. The average Bonchev–Trinajstić information content (AvgIpc) is 2.53. The van der Waals surface area contributed by atoms with Crippen molar-refractivity contribution in [3.05, 3.63) is 45.7 Å². The van der Waals surface area contributed by atoms with E-state index >= 15 is 0 Å². The molecular weight excluding hydrogens is 300 g/mol. The zero-order chi connectivity index (χ0) is 17.0. The third kappa shape index (κ3) is 3.20. The van der Waals surface area contributed by atoms with E-state index in [1.54, 1.807) is 0 Å². The van der Waals surface area contributed by atoms with Crippen molar-refractivity contribution in [2.24, 2.45) is 10.2 Å². The molecule has 0 aliphatic heterocycles. The molecule has 0 radical (unpaired) electrons. The molecule has 0 unspecified atom stereocenters. The Kier molecular flexibility index (Phi) is 4.73. The number of aliphatic hydroxyl groups excluding tert-OH is 1. The van der Waals surface area contributed by atoms with Crippen molar-refractivity contribution >= 4 is 11.4 Å². The van der Waals surface area contributed by atoms with Crippen molar-refractivity contribution in [3.8, 4) is 17.7 Å². The van der Waals surface area contributed by atoms with Gasteiger partial charge in [-0.1, -0.05) is 0 Å². The molecule has 0 amide bonds. The highest BCUT2D eigenvalue weighted by Gasteiger charge is 2.18. The van der Waals surface area contributed by atoms with Crippen LogP contribution in [0.1, 0.15) is 11.1 Å². The molecule has 0 saturated carbocycles. The summed E-state index contributed by atoms with van der Waals surface area (Å²) in [6.45, 7) is 0.936. The van der Waals surface area contributed by atoms with Gasteiger partial charge < -0.3 is 15.3 Å². The number of phenols is 1. The number of hydrogen-bond donors (Lipinski definition) is 3. The molecular formula is C15H14N4O4. The van der Waals surface area contributed by atoms with E-state index in [0.717, 1.165) is 4.57 Å². The Hall–Kier alpha value is -3.18. The average molecular weight is 314 g/mol. The predicted octanol–water partition coefficient (Wildman–Crippen LogP) is 1.85. The lowest BCUT2D eigenvalue weighted by molar-refractivity contribution is 0.263. The SMILES string of the molecule is Cc1c(C#N)c(O)n(CCO)c(=O)c1N=Nc1ccc(O)cc1. The van der Waals surface area contributed by atoms with Crippen LogP contribution in [0.25, 0.3) is 0 Å². The minimum Gasteiger partial charge on any atom is -0.508 e. The van der Waals surface area contributed by atoms with Crippen molar-refractivity contribution in [2.75, 3.05) is 6.61 Å². The Morgan fingerprint density at radius 1 is 1.22 bits per heavy atom. The van der Waals surface area contributed by atoms with Crippen LogP contribution in [-0.2, 0) is 6.54 Å². The van der Waals surface area contributed by atoms with E-state index in [1.165, 1.54) is 31.2 Å². The van der Waals surface area contributed by atoms with Gasteiger partial charge in [0.25, 0.3) is 5.56 Å². The molecule has 0 fully saturated rings. The maximum absolute atomic E-state index is 12.3. The maximum Gasteiger partial charge on any atom is 0.281 e. The Labute approximate surface area is 131 Å². The van der Waals surface area contributed by atoms with E-state index in [2.05, 4.69) is 10.2 Å². The van der Waals surface area contributed by atoms with Crippen LogP contribution in [-0.4, -0.2) is 26.5 Å². The largest absolute Gasteiger partial charge is 0.508 e. The summed E-state index contributed by atoms with van der Waals surface area (Å²) in [4.78, 5) is 12.3. The second-order valence-corrected chi connectivity index (χ2v) is 4.68. The smallest absolute Gasteiger partial charge is 0.281 e. The number of aromatic hydroxyl groups is 2. The zero-order valence-corrected chi connectivity index (χ0v) is 12.3. The third-order valence-corrected chi connectivity index (χ3v) is 3.21. The first-order valence-corrected chi connectivity index (χ1v) is 6.67. The van der Waals surface area contributed by atoms with Gasteiger partial charge in [0.15, 0.2) is 5.69 Å². The topological polar surface area (TPSA) is 131 Å². The molecule has 0 aliphatic rings. The van der Waals surface area contributed by atoms with Crippen molar-refractivity contribution in [1.29, 1.82) is 5.26 Å². The number of nitrogens with zero attached hydrogens (tertiary/aromatic N) is 4. The highest BCUT2D eigenvalue weighted by atomic mass is 16.3.